The van der Waals surface area contributed by atoms with E-state index in [1.54, 1.807) is 19.9 Å². The van der Waals surface area contributed by atoms with Gasteiger partial charge in [-0.25, -0.2) is 0 Å². The van der Waals surface area contributed by atoms with Gasteiger partial charge in [0.1, 0.15) is 4.90 Å². The van der Waals surface area contributed by atoms with Gasteiger partial charge in [-0.05, 0) is 32.4 Å². The van der Waals surface area contributed by atoms with Crippen molar-refractivity contribution in [2.45, 2.75) is 31.8 Å². The van der Waals surface area contributed by atoms with Crippen molar-refractivity contribution in [3.8, 4) is 0 Å². The molecular weight excluding hydrogens is 355 g/mol. The molecule has 1 unspecified atom stereocenters. The van der Waals surface area contributed by atoms with Gasteiger partial charge in [-0.2, -0.15) is 8.42 Å². The maximum absolute atomic E-state index is 12.1. The number of benzene rings is 1. The highest BCUT2D eigenvalue weighted by molar-refractivity contribution is 7.87. The second-order valence-corrected chi connectivity index (χ2v) is 8.44. The van der Waals surface area contributed by atoms with Crippen molar-refractivity contribution in [2.24, 2.45) is 0 Å². The summed E-state index contributed by atoms with van der Waals surface area (Å²) >= 11 is 5.84. The van der Waals surface area contributed by atoms with Crippen molar-refractivity contribution in [3.05, 3.63) is 28.8 Å². The van der Waals surface area contributed by atoms with Crippen molar-refractivity contribution in [1.82, 2.24) is 0 Å². The van der Waals surface area contributed by atoms with Crippen LogP contribution in [-0.2, 0) is 28.1 Å². The Morgan fingerprint density at radius 2 is 2.00 bits per heavy atom. The van der Waals surface area contributed by atoms with Crippen molar-refractivity contribution in [2.75, 3.05) is 13.1 Å². The fourth-order valence-electron chi connectivity index (χ4n) is 1.41. The van der Waals surface area contributed by atoms with Crippen molar-refractivity contribution < 1.29 is 31.3 Å². The third-order valence-electron chi connectivity index (χ3n) is 2.44. The van der Waals surface area contributed by atoms with E-state index >= 15 is 0 Å². The molecule has 1 rings (SSSR count). The maximum Gasteiger partial charge on any atom is 0.357 e. The zero-order chi connectivity index (χ0) is 17.0. The molecule has 0 aliphatic heterocycles. The number of aryl methyl sites for hydroxylation is 1. The predicted octanol–water partition coefficient (Wildman–Crippen LogP) is 2.90. The van der Waals surface area contributed by atoms with E-state index in [-0.39, 0.29) is 16.0 Å². The molecule has 0 saturated carbocycles. The van der Waals surface area contributed by atoms with Crippen molar-refractivity contribution >= 4 is 29.3 Å². The van der Waals surface area contributed by atoms with Gasteiger partial charge in [0.2, 0.25) is 0 Å². The van der Waals surface area contributed by atoms with Crippen LogP contribution in [-0.4, -0.2) is 32.6 Å². The van der Waals surface area contributed by atoms with Gasteiger partial charge in [-0.15, -0.1) is 0 Å². The Bertz CT molecular complexity index is 639. The zero-order valence-corrected chi connectivity index (χ0v) is 14.8. The van der Waals surface area contributed by atoms with Gasteiger partial charge in [-0.3, -0.25) is 13.3 Å². The van der Waals surface area contributed by atoms with Crippen LogP contribution in [0.1, 0.15) is 19.4 Å². The summed E-state index contributed by atoms with van der Waals surface area (Å²) in [5.41, 5.74) is 0.365. The average Bonchev–Trinajstić information content (AvgIpc) is 2.35. The molecule has 0 aliphatic carbocycles. The molecule has 22 heavy (non-hydrogen) atoms. The van der Waals surface area contributed by atoms with Gasteiger partial charge in [-0.1, -0.05) is 23.7 Å². The molecule has 0 amide bonds. The minimum absolute atomic E-state index is 0.0307. The third-order valence-corrected chi connectivity index (χ3v) is 5.48. The lowest BCUT2D eigenvalue weighted by molar-refractivity contribution is -0.0259. The molecule has 1 N–H and O–H groups in total. The van der Waals surface area contributed by atoms with E-state index in [0.29, 0.717) is 5.56 Å². The predicted molar refractivity (Wildman–Crippen MR) is 81.3 cm³/mol. The maximum atomic E-state index is 12.1. The molecule has 1 aromatic rings. The molecule has 0 heterocycles. The SMILES string of the molecule is Cc1cccc(Cl)c1S(=O)(=O)OCP(=O)(O)OCOC(C)C. The van der Waals surface area contributed by atoms with Gasteiger partial charge >= 0.3 is 7.60 Å². The average molecular weight is 373 g/mol. The van der Waals surface area contributed by atoms with Crippen LogP contribution in [0.25, 0.3) is 0 Å². The summed E-state index contributed by atoms with van der Waals surface area (Å²) in [7, 11) is -8.55. The van der Waals surface area contributed by atoms with Crippen LogP contribution in [0.5, 0.6) is 0 Å². The Balaban J connectivity index is 2.76. The van der Waals surface area contributed by atoms with Crippen LogP contribution in [0.4, 0.5) is 0 Å². The molecular formula is C12H18ClO7PS. The number of hydrogen-bond acceptors (Lipinski definition) is 6. The number of ether oxygens (including phenoxy) is 1. The Labute approximate surface area is 134 Å². The van der Waals surface area contributed by atoms with Gasteiger partial charge in [0.25, 0.3) is 10.1 Å². The van der Waals surface area contributed by atoms with Gasteiger partial charge in [0, 0.05) is 0 Å². The minimum atomic E-state index is -4.28. The zero-order valence-electron chi connectivity index (χ0n) is 12.4. The van der Waals surface area contributed by atoms with Gasteiger partial charge in [0.05, 0.1) is 11.1 Å². The highest BCUT2D eigenvalue weighted by atomic mass is 35.5. The fraction of sp³-hybridized carbons (Fsp3) is 0.500. The summed E-state index contributed by atoms with van der Waals surface area (Å²) < 4.78 is 50.0. The lowest BCUT2D eigenvalue weighted by Gasteiger charge is -2.15. The molecule has 0 aromatic heterocycles. The van der Waals surface area contributed by atoms with E-state index in [9.17, 15) is 17.9 Å². The first-order chi connectivity index (χ1) is 10.1. The molecule has 126 valence electrons. The molecule has 0 saturated heterocycles. The number of hydrogen-bond donors (Lipinski definition) is 1. The molecule has 1 aromatic carbocycles. The highest BCUT2D eigenvalue weighted by Crippen LogP contribution is 2.43. The summed E-state index contributed by atoms with van der Waals surface area (Å²) in [6, 6.07) is 4.50. The lowest BCUT2D eigenvalue weighted by Crippen LogP contribution is -2.12. The van der Waals surface area contributed by atoms with E-state index in [2.05, 4.69) is 8.71 Å². The third kappa shape index (κ3) is 5.96. The van der Waals surface area contributed by atoms with E-state index in [4.69, 9.17) is 16.3 Å². The highest BCUT2D eigenvalue weighted by Gasteiger charge is 2.28. The first-order valence-corrected chi connectivity index (χ1v) is 9.82. The normalized spacial score (nSPS) is 15.0. The van der Waals surface area contributed by atoms with Crippen LogP contribution < -0.4 is 0 Å². The van der Waals surface area contributed by atoms with E-state index in [1.165, 1.54) is 19.1 Å². The smallest absolute Gasteiger partial charge is 0.352 e. The molecule has 7 nitrogen and oxygen atoms in total. The molecule has 1 atom stereocenters. The standard InChI is InChI=1S/C12H18ClO7PS/c1-9(2)18-7-19-21(14,15)8-20-22(16,17)12-10(3)5-4-6-11(12)13/h4-6,9H,7-8H2,1-3H3,(H,14,15). The summed E-state index contributed by atoms with van der Waals surface area (Å²) in [5.74, 6) is 0. The lowest BCUT2D eigenvalue weighted by atomic mass is 10.2. The summed E-state index contributed by atoms with van der Waals surface area (Å²) in [6.07, 6.45) is -1.23. The second-order valence-electron chi connectivity index (χ2n) is 4.69. The Kier molecular flexibility index (Phi) is 7.01. The molecule has 0 radical (unpaired) electrons. The first kappa shape index (κ1) is 19.6. The summed E-state index contributed by atoms with van der Waals surface area (Å²) in [4.78, 5) is 9.27. The van der Waals surface area contributed by atoms with Gasteiger partial charge < -0.3 is 9.63 Å². The Morgan fingerprint density at radius 1 is 1.36 bits per heavy atom. The van der Waals surface area contributed by atoms with E-state index in [0.717, 1.165) is 0 Å². The van der Waals surface area contributed by atoms with Crippen LogP contribution in [0.2, 0.25) is 5.02 Å². The van der Waals surface area contributed by atoms with Crippen LogP contribution in [0, 0.1) is 6.92 Å². The van der Waals surface area contributed by atoms with E-state index < -0.39 is 30.9 Å². The Hall–Kier alpha value is -0.470. The molecule has 0 fully saturated rings. The van der Waals surface area contributed by atoms with Crippen LogP contribution >= 0.6 is 19.2 Å². The molecule has 0 aliphatic rings. The van der Waals surface area contributed by atoms with Crippen molar-refractivity contribution in [1.29, 1.82) is 0 Å². The second kappa shape index (κ2) is 7.88. The van der Waals surface area contributed by atoms with Gasteiger partial charge in [0.15, 0.2) is 13.1 Å². The summed E-state index contributed by atoms with van der Waals surface area (Å²) in [6.45, 7) is 4.52. The quantitative estimate of drug-likeness (QED) is 0.425. The number of rotatable bonds is 8. The monoisotopic (exact) mass is 372 g/mol. The van der Waals surface area contributed by atoms with Crippen LogP contribution in [0.15, 0.2) is 23.1 Å². The molecule has 0 spiro atoms. The molecule has 10 heteroatoms. The summed E-state index contributed by atoms with van der Waals surface area (Å²) in [5, 5.41) is -0.0307. The Morgan fingerprint density at radius 3 is 2.55 bits per heavy atom. The topological polar surface area (TPSA) is 99.1 Å². The minimum Gasteiger partial charge on any atom is -0.352 e. The first-order valence-electron chi connectivity index (χ1n) is 6.27. The molecule has 0 bridgehead atoms. The largest absolute Gasteiger partial charge is 0.357 e. The van der Waals surface area contributed by atoms with E-state index in [1.807, 2.05) is 0 Å². The van der Waals surface area contributed by atoms with Crippen LogP contribution in [0.3, 0.4) is 0 Å². The number of halogens is 1. The fourth-order valence-corrected chi connectivity index (χ4v) is 4.19. The van der Waals surface area contributed by atoms with Crippen molar-refractivity contribution in [3.63, 3.8) is 0 Å².